The van der Waals surface area contributed by atoms with Gasteiger partial charge in [0.15, 0.2) is 0 Å². The first-order valence-electron chi connectivity index (χ1n) is 6.00. The Kier molecular flexibility index (Phi) is 3.64. The highest BCUT2D eigenvalue weighted by atomic mass is 16.2. The molecule has 1 saturated carbocycles. The Hall–Kier alpha value is -1.55. The third-order valence-corrected chi connectivity index (χ3v) is 2.99. The van der Waals surface area contributed by atoms with Gasteiger partial charge in [0, 0.05) is 25.8 Å². The standard InChI is InChI=1S/C13H19N3O/c1-16(9-10-5-6-10)13(17)15-12-4-2-3-11(7-12)8-14/h2-4,7,10H,5-6,8-9,14H2,1H3,(H,15,17). The fraction of sp³-hybridized carbons (Fsp3) is 0.462. The highest BCUT2D eigenvalue weighted by Crippen LogP contribution is 2.29. The van der Waals surface area contributed by atoms with E-state index in [1.165, 1.54) is 12.8 Å². The summed E-state index contributed by atoms with van der Waals surface area (Å²) in [5.74, 6) is 0.709. The van der Waals surface area contributed by atoms with E-state index in [2.05, 4.69) is 5.32 Å². The van der Waals surface area contributed by atoms with Crippen LogP contribution < -0.4 is 11.1 Å². The summed E-state index contributed by atoms with van der Waals surface area (Å²) >= 11 is 0. The van der Waals surface area contributed by atoms with Crippen molar-refractivity contribution in [3.05, 3.63) is 29.8 Å². The largest absolute Gasteiger partial charge is 0.327 e. The van der Waals surface area contributed by atoms with Crippen LogP contribution in [0.1, 0.15) is 18.4 Å². The summed E-state index contributed by atoms with van der Waals surface area (Å²) in [4.78, 5) is 13.6. The van der Waals surface area contributed by atoms with Crippen molar-refractivity contribution < 1.29 is 4.79 Å². The molecule has 2 rings (SSSR count). The number of anilines is 1. The van der Waals surface area contributed by atoms with Crippen molar-refractivity contribution >= 4 is 11.7 Å². The molecule has 1 aliphatic carbocycles. The number of nitrogens with one attached hydrogen (secondary N) is 1. The Balaban J connectivity index is 1.91. The zero-order valence-corrected chi connectivity index (χ0v) is 10.1. The lowest BCUT2D eigenvalue weighted by molar-refractivity contribution is 0.220. The van der Waals surface area contributed by atoms with Gasteiger partial charge in [-0.05, 0) is 36.5 Å². The Morgan fingerprint density at radius 1 is 1.53 bits per heavy atom. The van der Waals surface area contributed by atoms with Crippen LogP contribution in [0.25, 0.3) is 0 Å². The smallest absolute Gasteiger partial charge is 0.321 e. The van der Waals surface area contributed by atoms with Crippen LogP contribution in [0.5, 0.6) is 0 Å². The molecule has 4 heteroatoms. The molecule has 3 N–H and O–H groups in total. The third kappa shape index (κ3) is 3.46. The molecule has 17 heavy (non-hydrogen) atoms. The van der Waals surface area contributed by atoms with E-state index in [0.717, 1.165) is 17.8 Å². The number of benzene rings is 1. The summed E-state index contributed by atoms with van der Waals surface area (Å²) in [6.45, 7) is 1.34. The first-order valence-corrected chi connectivity index (χ1v) is 6.00. The van der Waals surface area contributed by atoms with E-state index in [4.69, 9.17) is 5.73 Å². The fourth-order valence-electron chi connectivity index (χ4n) is 1.77. The van der Waals surface area contributed by atoms with Crippen LogP contribution in [0.2, 0.25) is 0 Å². The molecule has 1 fully saturated rings. The molecule has 0 aliphatic heterocycles. The number of nitrogens with zero attached hydrogens (tertiary/aromatic N) is 1. The Morgan fingerprint density at radius 3 is 2.94 bits per heavy atom. The maximum atomic E-state index is 11.9. The van der Waals surface area contributed by atoms with Gasteiger partial charge in [0.25, 0.3) is 0 Å². The molecule has 4 nitrogen and oxygen atoms in total. The first kappa shape index (κ1) is 11.9. The monoisotopic (exact) mass is 233 g/mol. The zero-order chi connectivity index (χ0) is 12.3. The predicted octanol–water partition coefficient (Wildman–Crippen LogP) is 2.02. The van der Waals surface area contributed by atoms with Gasteiger partial charge in [0.1, 0.15) is 0 Å². The average molecular weight is 233 g/mol. The normalized spacial score (nSPS) is 14.5. The molecule has 1 aromatic rings. The third-order valence-electron chi connectivity index (χ3n) is 2.99. The van der Waals surface area contributed by atoms with E-state index in [9.17, 15) is 4.79 Å². The summed E-state index contributed by atoms with van der Waals surface area (Å²) in [6.07, 6.45) is 2.50. The number of carbonyl (C=O) groups is 1. The van der Waals surface area contributed by atoms with Crippen LogP contribution in [-0.2, 0) is 6.54 Å². The molecule has 92 valence electrons. The maximum absolute atomic E-state index is 11.9. The summed E-state index contributed by atoms with van der Waals surface area (Å²) in [7, 11) is 1.83. The number of hydrogen-bond donors (Lipinski definition) is 2. The van der Waals surface area contributed by atoms with Crippen LogP contribution in [0.15, 0.2) is 24.3 Å². The number of urea groups is 1. The number of carbonyl (C=O) groups excluding carboxylic acids is 1. The molecule has 2 amide bonds. The zero-order valence-electron chi connectivity index (χ0n) is 10.1. The van der Waals surface area contributed by atoms with E-state index in [0.29, 0.717) is 12.5 Å². The van der Waals surface area contributed by atoms with Gasteiger partial charge in [0.05, 0.1) is 0 Å². The van der Waals surface area contributed by atoms with Crippen LogP contribution in [0.4, 0.5) is 10.5 Å². The second kappa shape index (κ2) is 5.19. The lowest BCUT2D eigenvalue weighted by atomic mass is 10.2. The lowest BCUT2D eigenvalue weighted by Crippen LogP contribution is -2.32. The SMILES string of the molecule is CN(CC1CC1)C(=O)Nc1cccc(CN)c1. The average Bonchev–Trinajstić information content (AvgIpc) is 3.13. The van der Waals surface area contributed by atoms with E-state index < -0.39 is 0 Å². The van der Waals surface area contributed by atoms with E-state index in [-0.39, 0.29) is 6.03 Å². The molecule has 0 unspecified atom stereocenters. The molecule has 0 saturated heterocycles. The number of rotatable bonds is 4. The van der Waals surface area contributed by atoms with E-state index >= 15 is 0 Å². The van der Waals surface area contributed by atoms with Crippen molar-refractivity contribution in [1.29, 1.82) is 0 Å². The van der Waals surface area contributed by atoms with Crippen LogP contribution >= 0.6 is 0 Å². The quantitative estimate of drug-likeness (QED) is 0.836. The van der Waals surface area contributed by atoms with Crippen LogP contribution in [-0.4, -0.2) is 24.5 Å². The van der Waals surface area contributed by atoms with Gasteiger partial charge in [-0.3, -0.25) is 0 Å². The van der Waals surface area contributed by atoms with Gasteiger partial charge in [-0.2, -0.15) is 0 Å². The minimum Gasteiger partial charge on any atom is -0.327 e. The summed E-state index contributed by atoms with van der Waals surface area (Å²) in [5.41, 5.74) is 7.39. The minimum absolute atomic E-state index is 0.0499. The molecule has 0 spiro atoms. The lowest BCUT2D eigenvalue weighted by Gasteiger charge is -2.17. The first-order chi connectivity index (χ1) is 8.19. The molecule has 0 aromatic heterocycles. The van der Waals surface area contributed by atoms with Crippen molar-refractivity contribution in [3.63, 3.8) is 0 Å². The topological polar surface area (TPSA) is 58.4 Å². The Labute approximate surface area is 102 Å². The van der Waals surface area contributed by atoms with E-state index in [1.807, 2.05) is 31.3 Å². The van der Waals surface area contributed by atoms with Crippen molar-refractivity contribution in [2.24, 2.45) is 11.7 Å². The molecule has 0 heterocycles. The van der Waals surface area contributed by atoms with Crippen LogP contribution in [0, 0.1) is 5.92 Å². The molecule has 0 atom stereocenters. The van der Waals surface area contributed by atoms with Crippen molar-refractivity contribution in [2.75, 3.05) is 18.9 Å². The van der Waals surface area contributed by atoms with Gasteiger partial charge in [-0.25, -0.2) is 4.79 Å². The van der Waals surface area contributed by atoms with Gasteiger partial charge in [0.2, 0.25) is 0 Å². The molecular formula is C13H19N3O. The minimum atomic E-state index is -0.0499. The Morgan fingerprint density at radius 2 is 2.29 bits per heavy atom. The number of hydrogen-bond acceptors (Lipinski definition) is 2. The second-order valence-electron chi connectivity index (χ2n) is 4.66. The van der Waals surface area contributed by atoms with Gasteiger partial charge >= 0.3 is 6.03 Å². The highest BCUT2D eigenvalue weighted by Gasteiger charge is 2.24. The number of amides is 2. The molecule has 0 radical (unpaired) electrons. The van der Waals surface area contributed by atoms with Crippen molar-refractivity contribution in [1.82, 2.24) is 4.90 Å². The molecule has 0 bridgehead atoms. The number of nitrogens with two attached hydrogens (primary N) is 1. The maximum Gasteiger partial charge on any atom is 0.321 e. The van der Waals surface area contributed by atoms with Crippen LogP contribution in [0.3, 0.4) is 0 Å². The summed E-state index contributed by atoms with van der Waals surface area (Å²) < 4.78 is 0. The fourth-order valence-corrected chi connectivity index (χ4v) is 1.77. The second-order valence-corrected chi connectivity index (χ2v) is 4.66. The summed E-state index contributed by atoms with van der Waals surface area (Å²) in [6, 6.07) is 7.58. The highest BCUT2D eigenvalue weighted by molar-refractivity contribution is 5.89. The predicted molar refractivity (Wildman–Crippen MR) is 68.7 cm³/mol. The van der Waals surface area contributed by atoms with Crippen molar-refractivity contribution in [3.8, 4) is 0 Å². The van der Waals surface area contributed by atoms with E-state index in [1.54, 1.807) is 4.90 Å². The van der Waals surface area contributed by atoms with Crippen molar-refractivity contribution in [2.45, 2.75) is 19.4 Å². The molecule has 1 aromatic carbocycles. The molecular weight excluding hydrogens is 214 g/mol. The Bertz CT molecular complexity index is 401. The van der Waals surface area contributed by atoms with Gasteiger partial charge < -0.3 is 16.0 Å². The van der Waals surface area contributed by atoms with Gasteiger partial charge in [-0.1, -0.05) is 12.1 Å². The molecule has 1 aliphatic rings. The van der Waals surface area contributed by atoms with Gasteiger partial charge in [-0.15, -0.1) is 0 Å². The summed E-state index contributed by atoms with van der Waals surface area (Å²) in [5, 5.41) is 2.88.